The van der Waals surface area contributed by atoms with Gasteiger partial charge in [0.15, 0.2) is 0 Å². The molecular formula is C13H18O2. The maximum atomic E-state index is 10.5. The van der Waals surface area contributed by atoms with E-state index in [-0.39, 0.29) is 0 Å². The summed E-state index contributed by atoms with van der Waals surface area (Å²) in [7, 11) is 0. The summed E-state index contributed by atoms with van der Waals surface area (Å²) in [5.74, 6) is 1.45. The highest BCUT2D eigenvalue weighted by atomic mass is 16.5. The van der Waals surface area contributed by atoms with Gasteiger partial charge in [0.25, 0.3) is 6.47 Å². The fourth-order valence-corrected chi connectivity index (χ4v) is 1.67. The number of hydrogen-bond donors (Lipinski definition) is 0. The van der Waals surface area contributed by atoms with Gasteiger partial charge in [0.05, 0.1) is 0 Å². The van der Waals surface area contributed by atoms with Gasteiger partial charge in [-0.3, -0.25) is 4.79 Å². The lowest BCUT2D eigenvalue weighted by Crippen LogP contribution is -2.02. The first-order valence-corrected chi connectivity index (χ1v) is 5.31. The van der Waals surface area contributed by atoms with E-state index < -0.39 is 0 Å². The van der Waals surface area contributed by atoms with Gasteiger partial charge in [-0.05, 0) is 23.0 Å². The highest BCUT2D eigenvalue weighted by Gasteiger charge is 2.14. The third kappa shape index (κ3) is 2.58. The van der Waals surface area contributed by atoms with Crippen LogP contribution >= 0.6 is 0 Å². The second-order valence-electron chi connectivity index (χ2n) is 4.29. The van der Waals surface area contributed by atoms with Gasteiger partial charge in [0.2, 0.25) is 0 Å². The SMILES string of the molecule is CC(C)c1cccc(C(C)C)c1OC=O. The zero-order valence-corrected chi connectivity index (χ0v) is 9.78. The van der Waals surface area contributed by atoms with Gasteiger partial charge in [-0.2, -0.15) is 0 Å². The molecule has 1 aromatic rings. The monoisotopic (exact) mass is 206 g/mol. The average molecular weight is 206 g/mol. The first kappa shape index (κ1) is 11.8. The standard InChI is InChI=1S/C13H18O2/c1-9(2)11-6-5-7-12(10(3)4)13(11)15-8-14/h5-10H,1-4H3. The van der Waals surface area contributed by atoms with Crippen molar-refractivity contribution in [3.63, 3.8) is 0 Å². The van der Waals surface area contributed by atoms with Gasteiger partial charge in [-0.15, -0.1) is 0 Å². The molecule has 0 fully saturated rings. The molecule has 2 nitrogen and oxygen atoms in total. The van der Waals surface area contributed by atoms with E-state index in [4.69, 9.17) is 4.74 Å². The maximum absolute atomic E-state index is 10.5. The van der Waals surface area contributed by atoms with Crippen molar-refractivity contribution in [2.75, 3.05) is 0 Å². The van der Waals surface area contributed by atoms with E-state index in [1.54, 1.807) is 0 Å². The minimum absolute atomic E-state index is 0.360. The highest BCUT2D eigenvalue weighted by Crippen LogP contribution is 2.33. The van der Waals surface area contributed by atoms with E-state index in [1.807, 2.05) is 18.2 Å². The number of ether oxygens (including phenoxy) is 1. The Labute approximate surface area is 91.3 Å². The Kier molecular flexibility index (Phi) is 3.89. The summed E-state index contributed by atoms with van der Waals surface area (Å²) in [6, 6.07) is 6.03. The van der Waals surface area contributed by atoms with Gasteiger partial charge in [-0.25, -0.2) is 0 Å². The summed E-state index contributed by atoms with van der Waals surface area (Å²) in [5.41, 5.74) is 2.18. The highest BCUT2D eigenvalue weighted by molar-refractivity contribution is 5.53. The summed E-state index contributed by atoms with van der Waals surface area (Å²) in [5, 5.41) is 0. The molecular weight excluding hydrogens is 188 g/mol. The van der Waals surface area contributed by atoms with Crippen molar-refractivity contribution in [3.05, 3.63) is 29.3 Å². The van der Waals surface area contributed by atoms with Crippen LogP contribution in [-0.4, -0.2) is 6.47 Å². The molecule has 0 bridgehead atoms. The van der Waals surface area contributed by atoms with Crippen LogP contribution in [-0.2, 0) is 4.79 Å². The Hall–Kier alpha value is -1.31. The number of carbonyl (C=O) groups is 1. The van der Waals surface area contributed by atoms with Crippen LogP contribution in [0.3, 0.4) is 0 Å². The largest absolute Gasteiger partial charge is 0.428 e. The molecule has 0 aliphatic carbocycles. The average Bonchev–Trinajstić information content (AvgIpc) is 2.17. The lowest BCUT2D eigenvalue weighted by atomic mass is 9.94. The van der Waals surface area contributed by atoms with Crippen LogP contribution in [0.15, 0.2) is 18.2 Å². The van der Waals surface area contributed by atoms with Crippen LogP contribution < -0.4 is 4.74 Å². The number of benzene rings is 1. The van der Waals surface area contributed by atoms with E-state index in [0.717, 1.165) is 16.9 Å². The Morgan fingerprint density at radius 1 is 1.07 bits per heavy atom. The quantitative estimate of drug-likeness (QED) is 0.705. The van der Waals surface area contributed by atoms with Crippen molar-refractivity contribution >= 4 is 6.47 Å². The fraction of sp³-hybridized carbons (Fsp3) is 0.462. The fourth-order valence-electron chi connectivity index (χ4n) is 1.67. The molecule has 0 aliphatic rings. The van der Waals surface area contributed by atoms with Crippen molar-refractivity contribution in [1.82, 2.24) is 0 Å². The minimum atomic E-state index is 0.360. The number of carbonyl (C=O) groups excluding carboxylic acids is 1. The van der Waals surface area contributed by atoms with E-state index >= 15 is 0 Å². The molecule has 0 unspecified atom stereocenters. The Morgan fingerprint density at radius 3 is 1.87 bits per heavy atom. The lowest BCUT2D eigenvalue weighted by molar-refractivity contribution is -0.120. The normalized spacial score (nSPS) is 10.8. The molecule has 0 N–H and O–H groups in total. The number of hydrogen-bond acceptors (Lipinski definition) is 2. The van der Waals surface area contributed by atoms with Crippen LogP contribution in [0.1, 0.15) is 50.7 Å². The number of rotatable bonds is 4. The van der Waals surface area contributed by atoms with Crippen molar-refractivity contribution < 1.29 is 9.53 Å². The first-order valence-electron chi connectivity index (χ1n) is 5.31. The molecule has 0 aromatic heterocycles. The zero-order valence-electron chi connectivity index (χ0n) is 9.78. The Balaban J connectivity index is 3.27. The molecule has 0 heterocycles. The minimum Gasteiger partial charge on any atom is -0.428 e. The summed E-state index contributed by atoms with van der Waals surface area (Å²) < 4.78 is 5.11. The van der Waals surface area contributed by atoms with Crippen LogP contribution in [0.5, 0.6) is 5.75 Å². The van der Waals surface area contributed by atoms with Crippen LogP contribution in [0.4, 0.5) is 0 Å². The molecule has 0 spiro atoms. The van der Waals surface area contributed by atoms with E-state index in [0.29, 0.717) is 18.3 Å². The molecule has 0 amide bonds. The molecule has 0 radical (unpaired) electrons. The summed E-state index contributed by atoms with van der Waals surface area (Å²) in [6.07, 6.45) is 0. The van der Waals surface area contributed by atoms with Gasteiger partial charge >= 0.3 is 0 Å². The second-order valence-corrected chi connectivity index (χ2v) is 4.29. The van der Waals surface area contributed by atoms with E-state index in [2.05, 4.69) is 27.7 Å². The smallest absolute Gasteiger partial charge is 0.298 e. The zero-order chi connectivity index (χ0) is 11.4. The lowest BCUT2D eigenvalue weighted by Gasteiger charge is -2.16. The van der Waals surface area contributed by atoms with E-state index in [1.165, 1.54) is 0 Å². The third-order valence-electron chi connectivity index (χ3n) is 2.49. The first-order chi connectivity index (χ1) is 7.07. The topological polar surface area (TPSA) is 26.3 Å². The van der Waals surface area contributed by atoms with Gasteiger partial charge in [-0.1, -0.05) is 45.9 Å². The van der Waals surface area contributed by atoms with Crippen LogP contribution in [0.2, 0.25) is 0 Å². The van der Waals surface area contributed by atoms with Crippen molar-refractivity contribution in [1.29, 1.82) is 0 Å². The number of para-hydroxylation sites is 1. The Morgan fingerprint density at radius 2 is 1.53 bits per heavy atom. The molecule has 0 atom stereocenters. The van der Waals surface area contributed by atoms with Crippen LogP contribution in [0, 0.1) is 0 Å². The molecule has 0 aliphatic heterocycles. The van der Waals surface area contributed by atoms with Crippen molar-refractivity contribution in [2.24, 2.45) is 0 Å². The van der Waals surface area contributed by atoms with E-state index in [9.17, 15) is 4.79 Å². The van der Waals surface area contributed by atoms with Crippen LogP contribution in [0.25, 0.3) is 0 Å². The maximum Gasteiger partial charge on any atom is 0.298 e. The Bertz CT molecular complexity index is 314. The predicted octanol–water partition coefficient (Wildman–Crippen LogP) is 3.47. The molecule has 1 rings (SSSR count). The molecule has 2 heteroatoms. The summed E-state index contributed by atoms with van der Waals surface area (Å²) >= 11 is 0. The van der Waals surface area contributed by atoms with Gasteiger partial charge in [0.1, 0.15) is 5.75 Å². The van der Waals surface area contributed by atoms with Gasteiger partial charge in [0, 0.05) is 0 Å². The van der Waals surface area contributed by atoms with Crippen molar-refractivity contribution in [3.8, 4) is 5.75 Å². The molecule has 82 valence electrons. The second kappa shape index (κ2) is 4.96. The van der Waals surface area contributed by atoms with Crippen molar-refractivity contribution in [2.45, 2.75) is 39.5 Å². The molecule has 0 saturated heterocycles. The third-order valence-corrected chi connectivity index (χ3v) is 2.49. The summed E-state index contributed by atoms with van der Waals surface area (Å²) in [4.78, 5) is 10.5. The molecule has 1 aromatic carbocycles. The summed E-state index contributed by atoms with van der Waals surface area (Å²) in [6.45, 7) is 8.88. The molecule has 0 saturated carbocycles. The predicted molar refractivity (Wildman–Crippen MR) is 61.3 cm³/mol. The van der Waals surface area contributed by atoms with Gasteiger partial charge < -0.3 is 4.74 Å². The molecule has 15 heavy (non-hydrogen) atoms.